The van der Waals surface area contributed by atoms with Crippen LogP contribution in [0.2, 0.25) is 0 Å². The van der Waals surface area contributed by atoms with E-state index in [0.29, 0.717) is 0 Å². The van der Waals surface area contributed by atoms with Gasteiger partial charge in [-0.05, 0) is 46.1 Å². The quantitative estimate of drug-likeness (QED) is 0.901. The zero-order chi connectivity index (χ0) is 9.97. The summed E-state index contributed by atoms with van der Waals surface area (Å²) in [6, 6.07) is 0.0240. The van der Waals surface area contributed by atoms with Crippen LogP contribution in [0.3, 0.4) is 0 Å². The number of thiophene rings is 1. The van der Waals surface area contributed by atoms with Crippen molar-refractivity contribution in [2.75, 3.05) is 6.61 Å². The lowest BCUT2D eigenvalue weighted by Gasteiger charge is -2.27. The Hall–Kier alpha value is 0.1000. The lowest BCUT2D eigenvalue weighted by Crippen LogP contribution is -2.31. The van der Waals surface area contributed by atoms with Gasteiger partial charge < -0.3 is 10.5 Å². The van der Waals surface area contributed by atoms with E-state index < -0.39 is 0 Å². The topological polar surface area (TPSA) is 35.2 Å². The summed E-state index contributed by atoms with van der Waals surface area (Å²) in [4.78, 5) is 0. The van der Waals surface area contributed by atoms with E-state index in [0.717, 1.165) is 17.5 Å². The highest BCUT2D eigenvalue weighted by molar-refractivity contribution is 9.10. The first kappa shape index (κ1) is 10.6. The second-order valence-corrected chi connectivity index (χ2v) is 5.20. The Labute approximate surface area is 96.6 Å². The SMILES string of the molecule is NC(c1cscc1Br)C1CCCCO1. The van der Waals surface area contributed by atoms with Crippen LogP contribution in [0.25, 0.3) is 0 Å². The fraction of sp³-hybridized carbons (Fsp3) is 0.600. The molecule has 2 atom stereocenters. The van der Waals surface area contributed by atoms with Crippen LogP contribution in [-0.2, 0) is 4.74 Å². The zero-order valence-corrected chi connectivity index (χ0v) is 10.3. The molecule has 0 aromatic carbocycles. The second kappa shape index (κ2) is 4.75. The molecule has 1 aliphatic rings. The van der Waals surface area contributed by atoms with Gasteiger partial charge in [-0.25, -0.2) is 0 Å². The molecule has 4 heteroatoms. The molecule has 2 rings (SSSR count). The van der Waals surface area contributed by atoms with E-state index in [4.69, 9.17) is 10.5 Å². The van der Waals surface area contributed by atoms with E-state index in [2.05, 4.69) is 26.7 Å². The lowest BCUT2D eigenvalue weighted by molar-refractivity contribution is -0.0000329. The van der Waals surface area contributed by atoms with E-state index in [1.54, 1.807) is 11.3 Å². The molecular weight excluding hydrogens is 262 g/mol. The smallest absolute Gasteiger partial charge is 0.0768 e. The highest BCUT2D eigenvalue weighted by Gasteiger charge is 2.24. The van der Waals surface area contributed by atoms with Gasteiger partial charge in [-0.1, -0.05) is 0 Å². The maximum Gasteiger partial charge on any atom is 0.0768 e. The fourth-order valence-electron chi connectivity index (χ4n) is 1.78. The van der Waals surface area contributed by atoms with Crippen molar-refractivity contribution in [2.24, 2.45) is 5.73 Å². The van der Waals surface area contributed by atoms with Gasteiger partial charge in [0.2, 0.25) is 0 Å². The van der Waals surface area contributed by atoms with Crippen LogP contribution in [0.15, 0.2) is 15.2 Å². The third-order valence-electron chi connectivity index (χ3n) is 2.62. The molecule has 2 N–H and O–H groups in total. The first-order chi connectivity index (χ1) is 6.79. The summed E-state index contributed by atoms with van der Waals surface area (Å²) >= 11 is 5.18. The summed E-state index contributed by atoms with van der Waals surface area (Å²) in [6.45, 7) is 0.861. The number of hydrogen-bond donors (Lipinski definition) is 1. The average Bonchev–Trinajstić information content (AvgIpc) is 2.65. The number of nitrogens with two attached hydrogens (primary N) is 1. The highest BCUT2D eigenvalue weighted by Crippen LogP contribution is 2.31. The van der Waals surface area contributed by atoms with E-state index in [-0.39, 0.29) is 12.1 Å². The average molecular weight is 276 g/mol. The van der Waals surface area contributed by atoms with Gasteiger partial charge in [-0.2, -0.15) is 11.3 Å². The molecule has 0 bridgehead atoms. The number of ether oxygens (including phenoxy) is 1. The summed E-state index contributed by atoms with van der Waals surface area (Å²) < 4.78 is 6.79. The van der Waals surface area contributed by atoms with Crippen LogP contribution in [0, 0.1) is 0 Å². The summed E-state index contributed by atoms with van der Waals surface area (Å²) in [5, 5.41) is 4.17. The minimum Gasteiger partial charge on any atom is -0.376 e. The van der Waals surface area contributed by atoms with Crippen LogP contribution >= 0.6 is 27.3 Å². The maximum atomic E-state index is 6.17. The van der Waals surface area contributed by atoms with Gasteiger partial charge in [0.1, 0.15) is 0 Å². The highest BCUT2D eigenvalue weighted by atomic mass is 79.9. The number of halogens is 1. The van der Waals surface area contributed by atoms with Crippen molar-refractivity contribution in [3.05, 3.63) is 20.8 Å². The number of rotatable bonds is 2. The lowest BCUT2D eigenvalue weighted by atomic mass is 9.99. The first-order valence-corrected chi connectivity index (χ1v) is 6.61. The van der Waals surface area contributed by atoms with Crippen molar-refractivity contribution >= 4 is 27.3 Å². The van der Waals surface area contributed by atoms with Gasteiger partial charge in [0, 0.05) is 16.5 Å². The van der Waals surface area contributed by atoms with E-state index in [9.17, 15) is 0 Å². The predicted molar refractivity (Wildman–Crippen MR) is 62.5 cm³/mol. The van der Waals surface area contributed by atoms with Crippen molar-refractivity contribution < 1.29 is 4.74 Å². The molecule has 14 heavy (non-hydrogen) atoms. The standard InChI is InChI=1S/C10H14BrNOS/c11-8-6-14-5-7(8)10(12)9-3-1-2-4-13-9/h5-6,9-10H,1-4,12H2. The molecule has 2 nitrogen and oxygen atoms in total. The number of hydrogen-bond acceptors (Lipinski definition) is 3. The Morgan fingerprint density at radius 1 is 1.50 bits per heavy atom. The van der Waals surface area contributed by atoms with Crippen LogP contribution in [-0.4, -0.2) is 12.7 Å². The minimum atomic E-state index is 0.0240. The molecule has 0 saturated carbocycles. The van der Waals surface area contributed by atoms with Crippen molar-refractivity contribution in [3.63, 3.8) is 0 Å². The largest absolute Gasteiger partial charge is 0.376 e. The van der Waals surface area contributed by atoms with Crippen molar-refractivity contribution in [1.82, 2.24) is 0 Å². The first-order valence-electron chi connectivity index (χ1n) is 4.88. The van der Waals surface area contributed by atoms with Crippen LogP contribution in [0.4, 0.5) is 0 Å². The molecule has 78 valence electrons. The molecule has 0 radical (unpaired) electrons. The Bertz CT molecular complexity index is 296. The summed E-state index contributed by atoms with van der Waals surface area (Å²) in [7, 11) is 0. The summed E-state index contributed by atoms with van der Waals surface area (Å²) in [5.74, 6) is 0. The molecule has 0 amide bonds. The van der Waals surface area contributed by atoms with E-state index >= 15 is 0 Å². The predicted octanol–water partition coefficient (Wildman–Crippen LogP) is 3.08. The van der Waals surface area contributed by atoms with Gasteiger partial charge in [0.25, 0.3) is 0 Å². The molecule has 1 saturated heterocycles. The fourth-order valence-corrected chi connectivity index (χ4v) is 3.39. The van der Waals surface area contributed by atoms with Gasteiger partial charge >= 0.3 is 0 Å². The molecule has 2 heterocycles. The molecule has 1 aromatic rings. The van der Waals surface area contributed by atoms with Gasteiger partial charge in [0.05, 0.1) is 12.1 Å². The third kappa shape index (κ3) is 2.19. The monoisotopic (exact) mass is 275 g/mol. The Morgan fingerprint density at radius 3 is 2.93 bits per heavy atom. The minimum absolute atomic E-state index is 0.0240. The van der Waals surface area contributed by atoms with Crippen molar-refractivity contribution in [3.8, 4) is 0 Å². The van der Waals surface area contributed by atoms with Crippen molar-refractivity contribution in [1.29, 1.82) is 0 Å². The Morgan fingerprint density at radius 2 is 2.36 bits per heavy atom. The van der Waals surface area contributed by atoms with Gasteiger partial charge in [0.15, 0.2) is 0 Å². The van der Waals surface area contributed by atoms with Gasteiger partial charge in [-0.15, -0.1) is 0 Å². The maximum absolute atomic E-state index is 6.17. The molecule has 1 fully saturated rings. The molecule has 1 aliphatic heterocycles. The second-order valence-electron chi connectivity index (χ2n) is 3.61. The molecule has 2 unspecified atom stereocenters. The molecule has 0 spiro atoms. The normalized spacial score (nSPS) is 24.9. The summed E-state index contributed by atoms with van der Waals surface area (Å²) in [5.41, 5.74) is 7.35. The molecule has 0 aliphatic carbocycles. The summed E-state index contributed by atoms with van der Waals surface area (Å²) in [6.07, 6.45) is 3.70. The third-order valence-corrected chi connectivity index (χ3v) is 4.37. The van der Waals surface area contributed by atoms with Crippen LogP contribution in [0.1, 0.15) is 30.9 Å². The van der Waals surface area contributed by atoms with Gasteiger partial charge in [-0.3, -0.25) is 0 Å². The Kier molecular flexibility index (Phi) is 3.60. The molecular formula is C10H14BrNOS. The zero-order valence-electron chi connectivity index (χ0n) is 7.91. The van der Waals surface area contributed by atoms with E-state index in [1.165, 1.54) is 18.4 Å². The van der Waals surface area contributed by atoms with E-state index in [1.807, 2.05) is 0 Å². The van der Waals surface area contributed by atoms with Crippen LogP contribution in [0.5, 0.6) is 0 Å². The Balaban J connectivity index is 2.07. The molecule has 1 aromatic heterocycles. The van der Waals surface area contributed by atoms with Crippen LogP contribution < -0.4 is 5.73 Å². The van der Waals surface area contributed by atoms with Crippen molar-refractivity contribution in [2.45, 2.75) is 31.4 Å².